The molecule has 7 heterocycles. The van der Waals surface area contributed by atoms with E-state index in [0.29, 0.717) is 77.9 Å². The first-order chi connectivity index (χ1) is 42.3. The smallest absolute Gasteiger partial charge is 0.335 e. The number of ether oxygens (including phenoxy) is 1. The fourth-order valence-electron chi connectivity index (χ4n) is 10.5. The zero-order valence-corrected chi connectivity index (χ0v) is 50.0. The molecule has 1 aromatic heterocycles. The van der Waals surface area contributed by atoms with E-state index >= 15 is 0 Å². The van der Waals surface area contributed by atoms with E-state index in [-0.39, 0.29) is 80.6 Å². The second-order valence-electron chi connectivity index (χ2n) is 21.9. The van der Waals surface area contributed by atoms with Crippen molar-refractivity contribution in [2.75, 3.05) is 52.9 Å². The summed E-state index contributed by atoms with van der Waals surface area (Å²) in [5, 5.41) is 33.1. The number of hydrogen-bond acceptors (Lipinski definition) is 13. The highest BCUT2D eigenvalue weighted by molar-refractivity contribution is 5.95. The van der Waals surface area contributed by atoms with Crippen LogP contribution < -0.4 is 27.2 Å². The number of nitrogens with two attached hydrogens (primary N) is 1. The highest BCUT2D eigenvalue weighted by atomic mass is 16.5. The maximum Gasteiger partial charge on any atom is 0.335 e. The van der Waals surface area contributed by atoms with Gasteiger partial charge in [-0.3, -0.25) is 43.2 Å². The number of benzene rings is 4. The summed E-state index contributed by atoms with van der Waals surface area (Å²) in [6.45, 7) is 8.56. The quantitative estimate of drug-likeness (QED) is 0.0380. The monoisotopic (exact) mass is 1240 g/mol. The predicted octanol–water partition coefficient (Wildman–Crippen LogP) is 6.89. The van der Waals surface area contributed by atoms with Crippen LogP contribution in [-0.4, -0.2) is 136 Å². The van der Waals surface area contributed by atoms with Crippen LogP contribution in [0.1, 0.15) is 119 Å². The number of methoxy groups -OCH3 is 1. The molecule has 0 aliphatic carbocycles. The standard InChI is InChI=1S/C16H20N2O2.C14H16N2O2.C10H11N.C7H11NO3.C7H9N.C6H9NO3.C6H5NO3.2CH4/c1-2-17-9-8-16(10-14(17)19)12-18(15(16)20)11-13-6-4-3-5-7-13;17-12-8-14(6-7-15-12)10-16(13(14)18)9-11-4-2-1-3-5-11;11-9-5-4-8-10-6-2-1-3-7-10;1-11-7(10)5-2-3-8-6(9)4-5;8-6-7-4-2-1-3-5-7;2*8-5-3-4(6(9)10)1-2-7-5;;/h3-7H,2,8-12H2,1H3;1-5H,6-10H2,(H,15,17);1-3,6-7H,4-5,8H2;5H,2-4H2,1H3,(H,8,9);1-5H,6,8H2;4H,1-3H2,(H,7,8)(H,9,10);1-3H,(H,7,8)(H,9,10);2*1H4. The molecule has 11 rings (SSSR count). The van der Waals surface area contributed by atoms with Crippen molar-refractivity contribution in [3.63, 3.8) is 0 Å². The Kier molecular flexibility index (Phi) is 32.2. The number of nitriles is 1. The molecular formula is C68H89N9O13. The molecule has 484 valence electrons. The molecule has 6 aliphatic rings. The molecule has 6 aliphatic heterocycles. The van der Waals surface area contributed by atoms with Crippen LogP contribution in [0, 0.1) is 34.0 Å². The summed E-state index contributed by atoms with van der Waals surface area (Å²) in [4.78, 5) is 119. The lowest BCUT2D eigenvalue weighted by Crippen LogP contribution is -2.65. The Morgan fingerprint density at radius 1 is 0.633 bits per heavy atom. The average Bonchev–Trinajstić information content (AvgIpc) is 0.820. The Hall–Kier alpha value is -9.49. The fraction of sp³-hybridized carbons (Fsp3) is 0.426. The van der Waals surface area contributed by atoms with E-state index in [0.717, 1.165) is 62.5 Å². The van der Waals surface area contributed by atoms with E-state index in [2.05, 4.69) is 43.9 Å². The third-order valence-electron chi connectivity index (χ3n) is 15.5. The number of likely N-dealkylation sites (tertiary alicyclic amines) is 3. The van der Waals surface area contributed by atoms with E-state index in [1.807, 2.05) is 131 Å². The number of piperidine rings is 4. The van der Waals surface area contributed by atoms with Crippen LogP contribution in [-0.2, 0) is 69.1 Å². The van der Waals surface area contributed by atoms with Gasteiger partial charge >= 0.3 is 17.9 Å². The fourth-order valence-corrected chi connectivity index (χ4v) is 10.5. The number of esters is 1. The van der Waals surface area contributed by atoms with Crippen LogP contribution in [0.4, 0.5) is 0 Å². The molecule has 2 spiro atoms. The number of aromatic nitrogens is 1. The summed E-state index contributed by atoms with van der Waals surface area (Å²) in [5.74, 6) is -2.71. The average molecular weight is 1240 g/mol. The van der Waals surface area contributed by atoms with Crippen LogP contribution in [0.5, 0.6) is 0 Å². The number of amides is 6. The van der Waals surface area contributed by atoms with Crippen LogP contribution in [0.2, 0.25) is 0 Å². The lowest BCUT2D eigenvalue weighted by molar-refractivity contribution is -0.171. The molecule has 0 bridgehead atoms. The number of rotatable bonds is 12. The van der Waals surface area contributed by atoms with E-state index in [9.17, 15) is 47.9 Å². The number of β-lactam (4-membered cyclic amide) rings is 2. The number of H-pyrrole nitrogens is 1. The summed E-state index contributed by atoms with van der Waals surface area (Å²) < 4.78 is 4.52. The SMILES string of the molecule is C.C.CCN1CCC2(CC1=O)CN(Cc1ccccc1)C2=O.COC(=O)C1CCNC(=O)C1.N#CCCCc1ccccc1.NCc1ccccc1.O=C(O)c1cc[nH]c(=O)c1.O=C1CC(C(=O)O)CCN1.O=C1CC2(CCN1)CN(Cc1ccccc1)C2=O. The maximum absolute atomic E-state index is 12.4. The number of pyridine rings is 1. The minimum atomic E-state index is -1.09. The first-order valence-electron chi connectivity index (χ1n) is 29.5. The van der Waals surface area contributed by atoms with Gasteiger partial charge in [0.05, 0.1) is 41.4 Å². The van der Waals surface area contributed by atoms with Crippen molar-refractivity contribution in [3.05, 3.63) is 178 Å². The van der Waals surface area contributed by atoms with Crippen LogP contribution >= 0.6 is 0 Å². The number of carboxylic acid groups (broad SMARTS) is 2. The number of aryl methyl sites for hydroxylation is 1. The summed E-state index contributed by atoms with van der Waals surface area (Å²) >= 11 is 0. The molecular weight excluding hydrogens is 1150 g/mol. The number of aromatic carboxylic acids is 1. The Morgan fingerprint density at radius 2 is 1.11 bits per heavy atom. The van der Waals surface area contributed by atoms with Gasteiger partial charge in [0.1, 0.15) is 0 Å². The first kappa shape index (κ1) is 74.8. The molecule has 6 amide bonds. The van der Waals surface area contributed by atoms with E-state index in [4.69, 9.17) is 21.2 Å². The molecule has 0 radical (unpaired) electrons. The lowest BCUT2D eigenvalue weighted by atomic mass is 9.70. The van der Waals surface area contributed by atoms with Crippen LogP contribution in [0.25, 0.3) is 0 Å². The molecule has 5 aromatic rings. The van der Waals surface area contributed by atoms with Gasteiger partial charge in [0.25, 0.3) is 0 Å². The zero-order chi connectivity index (χ0) is 63.9. The lowest BCUT2D eigenvalue weighted by Gasteiger charge is -2.52. The van der Waals surface area contributed by atoms with Crippen molar-refractivity contribution in [1.82, 2.24) is 35.6 Å². The second-order valence-corrected chi connectivity index (χ2v) is 21.9. The number of aromatic amines is 1. The van der Waals surface area contributed by atoms with E-state index in [1.54, 1.807) is 0 Å². The van der Waals surface area contributed by atoms with Crippen molar-refractivity contribution in [2.24, 2.45) is 28.4 Å². The van der Waals surface area contributed by atoms with E-state index < -0.39 is 34.2 Å². The number of unbranched alkanes of at least 4 members (excludes halogenated alkanes) is 1. The van der Waals surface area contributed by atoms with Crippen LogP contribution in [0.15, 0.2) is 144 Å². The van der Waals surface area contributed by atoms with Crippen molar-refractivity contribution >= 4 is 53.4 Å². The molecule has 8 N–H and O–H groups in total. The summed E-state index contributed by atoms with van der Waals surface area (Å²) in [5.41, 5.74) is 8.96. The summed E-state index contributed by atoms with van der Waals surface area (Å²) in [6, 6.07) is 44.7. The molecule has 22 nitrogen and oxygen atoms in total. The van der Waals surface area contributed by atoms with Gasteiger partial charge < -0.3 is 56.3 Å². The van der Waals surface area contributed by atoms with Gasteiger partial charge in [-0.15, -0.1) is 0 Å². The number of nitrogens with one attached hydrogen (secondary N) is 4. The Bertz CT molecular complexity index is 3200. The van der Waals surface area contributed by atoms with Gasteiger partial charge in [0.2, 0.25) is 41.0 Å². The van der Waals surface area contributed by atoms with Crippen molar-refractivity contribution < 1.29 is 58.1 Å². The number of aliphatic carboxylic acids is 1. The molecule has 90 heavy (non-hydrogen) atoms. The third kappa shape index (κ3) is 23.9. The Morgan fingerprint density at radius 3 is 1.50 bits per heavy atom. The number of carbonyl (C=O) groups excluding carboxylic acids is 7. The van der Waals surface area contributed by atoms with Gasteiger partial charge in [-0.1, -0.05) is 136 Å². The molecule has 4 aromatic carbocycles. The van der Waals surface area contributed by atoms with Crippen molar-refractivity contribution in [2.45, 2.75) is 112 Å². The maximum atomic E-state index is 12.4. The van der Waals surface area contributed by atoms with Crippen molar-refractivity contribution in [3.8, 4) is 6.07 Å². The molecule has 22 heteroatoms. The van der Waals surface area contributed by atoms with E-state index in [1.165, 1.54) is 30.5 Å². The molecule has 4 unspecified atom stereocenters. The summed E-state index contributed by atoms with van der Waals surface area (Å²) in [7, 11) is 1.34. The molecule has 6 fully saturated rings. The third-order valence-corrected chi connectivity index (χ3v) is 15.5. The van der Waals surface area contributed by atoms with Crippen LogP contribution in [0.3, 0.4) is 0 Å². The second kappa shape index (κ2) is 38.7. The number of hydrogen-bond donors (Lipinski definition) is 7. The number of carbonyl (C=O) groups is 9. The van der Waals surface area contributed by atoms with Gasteiger partial charge in [-0.2, -0.15) is 5.26 Å². The van der Waals surface area contributed by atoms with Crippen molar-refractivity contribution in [1.29, 1.82) is 5.26 Å². The number of carboxylic acids is 2. The molecule has 0 saturated carbocycles. The van der Waals surface area contributed by atoms with Gasteiger partial charge in [-0.05, 0) is 73.8 Å². The van der Waals surface area contributed by atoms with Gasteiger partial charge in [-0.25, -0.2) is 4.79 Å². The highest BCUT2D eigenvalue weighted by Gasteiger charge is 2.55. The topological polar surface area (TPSA) is 332 Å². The normalized spacial score (nSPS) is 19.9. The predicted molar refractivity (Wildman–Crippen MR) is 340 cm³/mol. The molecule has 6 saturated heterocycles. The minimum absolute atomic E-state index is 0. The largest absolute Gasteiger partial charge is 0.481 e. The molecule has 4 atom stereocenters. The highest BCUT2D eigenvalue weighted by Crippen LogP contribution is 2.43. The first-order valence-corrected chi connectivity index (χ1v) is 29.5. The minimum Gasteiger partial charge on any atom is -0.481 e. The number of nitrogens with zero attached hydrogens (tertiary/aromatic N) is 4. The summed E-state index contributed by atoms with van der Waals surface area (Å²) in [6.07, 6.45) is 7.96. The van der Waals surface area contributed by atoms with Gasteiger partial charge in [0, 0.05) is 110 Å². The Balaban J connectivity index is 0.000000280. The Labute approximate surface area is 527 Å². The van der Waals surface area contributed by atoms with Gasteiger partial charge in [0.15, 0.2) is 0 Å². The zero-order valence-electron chi connectivity index (χ0n) is 50.0.